The molecule has 0 bridgehead atoms. The number of rotatable bonds is 15. The first kappa shape index (κ1) is 47.0. The number of benzene rings is 5. The largest absolute Gasteiger partial charge is 0.493 e. The Balaban J connectivity index is 1.00. The highest BCUT2D eigenvalue weighted by atomic mass is 32.2. The number of nitrogens with one attached hydrogen (secondary N) is 1. The average Bonchev–Trinajstić information content (AvgIpc) is 3.84. The topological polar surface area (TPSA) is 178 Å². The summed E-state index contributed by atoms with van der Waals surface area (Å²) in [6, 6.07) is 26.8. The zero-order valence-electron chi connectivity index (χ0n) is 38.7. The standard InChI is InChI=1S/C52H55N3O11S2/c1-30(2)14-15-50(56)53-39-18-32(27-65-46-23-37-25-49(68(61,62)64-5)45-22-35-11-7-9-13-43(35)55(45)51(57)40(37)16-31(46)3)17-33(19-39)28-66-48-24-36-20-38(29-67(59)60)44-21-34-10-6-8-12-42(34)54(44)52(58)41(36)26-47(48)63-4/h6-13,16-19,23-24,26,30,38,44-45,49H,14-15,20-22,25,27-29H2,1-5H3,(H,53,56)(H,59,60)/t38?,44-,45-,49?/m0/s1. The molecule has 16 heteroatoms. The van der Waals surface area contributed by atoms with Crippen LogP contribution >= 0.6 is 0 Å². The molecule has 0 aromatic heterocycles. The number of aryl methyl sites for hydroxylation is 1. The second kappa shape index (κ2) is 19.1. The zero-order valence-corrected chi connectivity index (χ0v) is 40.3. The number of fused-ring (bicyclic) bond motifs is 8. The number of para-hydroxylation sites is 2. The quantitative estimate of drug-likeness (QED) is 0.0768. The Morgan fingerprint density at radius 3 is 1.94 bits per heavy atom. The van der Waals surface area contributed by atoms with Crippen molar-refractivity contribution < 1.29 is 50.0 Å². The molecule has 4 heterocycles. The third kappa shape index (κ3) is 9.26. The number of carbonyl (C=O) groups excluding carboxylic acids is 3. The average molecular weight is 962 g/mol. The van der Waals surface area contributed by atoms with Crippen LogP contribution in [0.15, 0.2) is 91.0 Å². The Kier molecular flexibility index (Phi) is 13.2. The molecule has 5 aromatic carbocycles. The Labute approximate surface area is 399 Å². The number of ether oxygens (including phenoxy) is 3. The minimum absolute atomic E-state index is 0.00192. The second-order valence-corrected chi connectivity index (χ2v) is 21.4. The van der Waals surface area contributed by atoms with Crippen molar-refractivity contribution >= 4 is 56.0 Å². The van der Waals surface area contributed by atoms with Gasteiger partial charge in [-0.05, 0) is 144 Å². The summed E-state index contributed by atoms with van der Waals surface area (Å²) < 4.78 is 73.2. The van der Waals surface area contributed by atoms with Crippen LogP contribution in [0.1, 0.15) is 86.3 Å². The first-order valence-electron chi connectivity index (χ1n) is 22.8. The van der Waals surface area contributed by atoms with Gasteiger partial charge in [-0.2, -0.15) is 8.42 Å². The molecule has 3 amide bonds. The van der Waals surface area contributed by atoms with Crippen LogP contribution in [0.2, 0.25) is 0 Å². The molecular weight excluding hydrogens is 907 g/mol. The van der Waals surface area contributed by atoms with Crippen LogP contribution in [0.5, 0.6) is 17.2 Å². The van der Waals surface area contributed by atoms with Gasteiger partial charge in [0.1, 0.15) is 24.2 Å². The molecule has 0 aliphatic carbocycles. The molecule has 9 rings (SSSR count). The SMILES string of the molecule is COc1cc2c(cc1OCc1cc(COc3cc4c(cc3C)C(=O)N3c5ccccc5C[C@H]3C(S(=O)(=O)OC)C4)cc(NC(=O)CCC(C)C)c1)CC(CS(=O)O)[C@@H]1Cc3ccccc3N1C2=O. The molecule has 356 valence electrons. The molecule has 0 radical (unpaired) electrons. The van der Waals surface area contributed by atoms with Crippen LogP contribution in [0.3, 0.4) is 0 Å². The lowest BCUT2D eigenvalue weighted by Crippen LogP contribution is -2.47. The van der Waals surface area contributed by atoms with E-state index >= 15 is 0 Å². The van der Waals surface area contributed by atoms with E-state index in [1.54, 1.807) is 34.1 Å². The van der Waals surface area contributed by atoms with Crippen LogP contribution in [0.25, 0.3) is 0 Å². The van der Waals surface area contributed by atoms with Gasteiger partial charge in [0, 0.05) is 40.7 Å². The highest BCUT2D eigenvalue weighted by Crippen LogP contribution is 2.44. The molecule has 0 saturated heterocycles. The van der Waals surface area contributed by atoms with Crippen molar-refractivity contribution in [3.05, 3.63) is 141 Å². The monoisotopic (exact) mass is 961 g/mol. The fraction of sp³-hybridized carbons (Fsp3) is 0.365. The van der Waals surface area contributed by atoms with E-state index in [9.17, 15) is 31.6 Å². The molecule has 4 aliphatic heterocycles. The second-order valence-electron chi connectivity index (χ2n) is 18.5. The molecular formula is C52H55N3O11S2. The van der Waals surface area contributed by atoms with Gasteiger partial charge < -0.3 is 33.9 Å². The summed E-state index contributed by atoms with van der Waals surface area (Å²) in [4.78, 5) is 45.2. The van der Waals surface area contributed by atoms with E-state index in [1.807, 2.05) is 73.7 Å². The van der Waals surface area contributed by atoms with Gasteiger partial charge in [0.15, 0.2) is 22.6 Å². The Bertz CT molecular complexity index is 2960. The first-order valence-corrected chi connectivity index (χ1v) is 25.6. The molecule has 0 fully saturated rings. The van der Waals surface area contributed by atoms with Gasteiger partial charge in [0.25, 0.3) is 21.9 Å². The highest BCUT2D eigenvalue weighted by Gasteiger charge is 2.48. The number of methoxy groups -OCH3 is 1. The third-order valence-electron chi connectivity index (χ3n) is 13.6. The van der Waals surface area contributed by atoms with Crippen molar-refractivity contribution in [2.75, 3.05) is 35.1 Å². The lowest BCUT2D eigenvalue weighted by Gasteiger charge is -2.28. The summed E-state index contributed by atoms with van der Waals surface area (Å²) in [5.41, 5.74) is 8.08. The fourth-order valence-corrected chi connectivity index (χ4v) is 12.2. The van der Waals surface area contributed by atoms with Crippen molar-refractivity contribution in [3.63, 3.8) is 0 Å². The van der Waals surface area contributed by atoms with E-state index in [1.165, 1.54) is 7.11 Å². The van der Waals surface area contributed by atoms with Gasteiger partial charge in [0.05, 0.1) is 26.0 Å². The first-order chi connectivity index (χ1) is 32.6. The number of anilines is 3. The molecule has 0 spiro atoms. The van der Waals surface area contributed by atoms with E-state index in [-0.39, 0.29) is 55.1 Å². The minimum atomic E-state index is -4.07. The van der Waals surface area contributed by atoms with Crippen LogP contribution in [0, 0.1) is 18.8 Å². The number of carbonyl (C=O) groups is 3. The Hall–Kier alpha value is -6.07. The number of amides is 3. The number of hydrogen-bond acceptors (Lipinski definition) is 10. The normalized spacial score (nSPS) is 19.8. The van der Waals surface area contributed by atoms with Crippen molar-refractivity contribution in [1.82, 2.24) is 0 Å². The van der Waals surface area contributed by atoms with Crippen molar-refractivity contribution in [1.29, 1.82) is 0 Å². The maximum Gasteiger partial charge on any atom is 0.272 e. The van der Waals surface area contributed by atoms with Crippen molar-refractivity contribution in [3.8, 4) is 17.2 Å². The molecule has 0 saturated carbocycles. The highest BCUT2D eigenvalue weighted by molar-refractivity contribution is 7.87. The fourth-order valence-electron chi connectivity index (χ4n) is 10.3. The maximum atomic E-state index is 14.4. The van der Waals surface area contributed by atoms with E-state index in [0.717, 1.165) is 23.9 Å². The van der Waals surface area contributed by atoms with Gasteiger partial charge in [-0.3, -0.25) is 18.6 Å². The smallest absolute Gasteiger partial charge is 0.272 e. The molecule has 5 atom stereocenters. The van der Waals surface area contributed by atoms with E-state index in [2.05, 4.69) is 19.2 Å². The summed E-state index contributed by atoms with van der Waals surface area (Å²) in [7, 11) is -1.42. The molecule has 2 N–H and O–H groups in total. The van der Waals surface area contributed by atoms with Crippen LogP contribution in [-0.2, 0) is 69.1 Å². The summed E-state index contributed by atoms with van der Waals surface area (Å²) >= 11 is -2.09. The predicted molar refractivity (Wildman–Crippen MR) is 260 cm³/mol. The molecule has 14 nitrogen and oxygen atoms in total. The van der Waals surface area contributed by atoms with Gasteiger partial charge in [-0.25, -0.2) is 4.21 Å². The van der Waals surface area contributed by atoms with Crippen LogP contribution in [-0.4, -0.2) is 72.2 Å². The Morgan fingerprint density at radius 1 is 0.750 bits per heavy atom. The van der Waals surface area contributed by atoms with Gasteiger partial charge >= 0.3 is 0 Å². The summed E-state index contributed by atoms with van der Waals surface area (Å²) in [6.45, 7) is 6.04. The predicted octanol–water partition coefficient (Wildman–Crippen LogP) is 7.97. The third-order valence-corrected chi connectivity index (χ3v) is 16.0. The molecule has 68 heavy (non-hydrogen) atoms. The Morgan fingerprint density at radius 2 is 1.32 bits per heavy atom. The van der Waals surface area contributed by atoms with E-state index in [4.69, 9.17) is 18.4 Å². The number of hydrogen-bond donors (Lipinski definition) is 2. The summed E-state index contributed by atoms with van der Waals surface area (Å²) in [6.07, 6.45) is 2.41. The van der Waals surface area contributed by atoms with E-state index < -0.39 is 32.5 Å². The van der Waals surface area contributed by atoms with Gasteiger partial charge in [-0.15, -0.1) is 0 Å². The summed E-state index contributed by atoms with van der Waals surface area (Å²) in [5, 5.41) is 2.01. The summed E-state index contributed by atoms with van der Waals surface area (Å²) in [5.74, 6) is 0.575. The van der Waals surface area contributed by atoms with E-state index in [0.29, 0.717) is 106 Å². The van der Waals surface area contributed by atoms with Crippen LogP contribution in [0.4, 0.5) is 17.1 Å². The maximum absolute atomic E-state index is 14.4. The lowest BCUT2D eigenvalue weighted by atomic mass is 9.91. The molecule has 5 aromatic rings. The number of nitrogens with zero attached hydrogens (tertiary/aromatic N) is 2. The van der Waals surface area contributed by atoms with Gasteiger partial charge in [-0.1, -0.05) is 50.2 Å². The lowest BCUT2D eigenvalue weighted by molar-refractivity contribution is -0.116. The zero-order chi connectivity index (χ0) is 48.0. The van der Waals surface area contributed by atoms with Crippen molar-refractivity contribution in [2.45, 2.75) is 89.8 Å². The molecule has 3 unspecified atom stereocenters. The van der Waals surface area contributed by atoms with Crippen LogP contribution < -0.4 is 29.3 Å². The minimum Gasteiger partial charge on any atom is -0.493 e. The van der Waals surface area contributed by atoms with Gasteiger partial charge in [0.2, 0.25) is 5.91 Å². The molecule has 4 aliphatic rings. The van der Waals surface area contributed by atoms with Crippen molar-refractivity contribution in [2.24, 2.45) is 11.8 Å².